The van der Waals surface area contributed by atoms with Gasteiger partial charge in [-0.15, -0.1) is 11.3 Å². The highest BCUT2D eigenvalue weighted by Crippen LogP contribution is 2.40. The van der Waals surface area contributed by atoms with Crippen molar-refractivity contribution in [3.05, 3.63) is 21.4 Å². The summed E-state index contributed by atoms with van der Waals surface area (Å²) in [6.45, 7) is 13.7. The molecule has 6 nitrogen and oxygen atoms in total. The Labute approximate surface area is 171 Å². The highest BCUT2D eigenvalue weighted by molar-refractivity contribution is 7.14. The van der Waals surface area contributed by atoms with E-state index in [1.54, 1.807) is 27.7 Å². The SMILES string of the molecule is CC(NC(=O)C(C)(C)C)C(=O)NNC(=O)c1cc2c(s1)CCC(C(C)(C)C)C2. The van der Waals surface area contributed by atoms with Gasteiger partial charge in [-0.2, -0.15) is 0 Å². The number of nitrogens with one attached hydrogen (secondary N) is 3. The minimum absolute atomic E-state index is 0.221. The van der Waals surface area contributed by atoms with Gasteiger partial charge < -0.3 is 5.32 Å². The van der Waals surface area contributed by atoms with Crippen molar-refractivity contribution in [2.24, 2.45) is 16.7 Å². The normalized spacial score (nSPS) is 18.0. The molecule has 28 heavy (non-hydrogen) atoms. The van der Waals surface area contributed by atoms with Crippen molar-refractivity contribution in [2.75, 3.05) is 0 Å². The van der Waals surface area contributed by atoms with Gasteiger partial charge in [-0.05, 0) is 49.1 Å². The molecule has 3 N–H and O–H groups in total. The molecule has 0 bridgehead atoms. The van der Waals surface area contributed by atoms with Crippen LogP contribution in [0.4, 0.5) is 0 Å². The van der Waals surface area contributed by atoms with Gasteiger partial charge in [0, 0.05) is 10.3 Å². The maximum absolute atomic E-state index is 12.4. The van der Waals surface area contributed by atoms with Crippen LogP contribution in [0.3, 0.4) is 0 Å². The Morgan fingerprint density at radius 1 is 1.11 bits per heavy atom. The molecule has 0 aromatic carbocycles. The minimum atomic E-state index is -0.740. The summed E-state index contributed by atoms with van der Waals surface area (Å²) < 4.78 is 0. The molecular formula is C21H33N3O3S. The van der Waals surface area contributed by atoms with E-state index in [1.165, 1.54) is 21.8 Å². The van der Waals surface area contributed by atoms with E-state index < -0.39 is 17.4 Å². The first-order valence-electron chi connectivity index (χ1n) is 9.81. The lowest BCUT2D eigenvalue weighted by Crippen LogP contribution is -2.52. The van der Waals surface area contributed by atoms with Crippen LogP contribution in [0.15, 0.2) is 6.07 Å². The fourth-order valence-electron chi connectivity index (χ4n) is 3.14. The Balaban J connectivity index is 1.91. The van der Waals surface area contributed by atoms with Crippen LogP contribution >= 0.6 is 11.3 Å². The lowest BCUT2D eigenvalue weighted by molar-refractivity contribution is -0.133. The molecule has 1 aromatic rings. The second kappa shape index (κ2) is 8.23. The first-order chi connectivity index (χ1) is 12.8. The Kier molecular flexibility index (Phi) is 6.58. The van der Waals surface area contributed by atoms with Crippen molar-refractivity contribution >= 4 is 29.1 Å². The number of rotatable bonds is 3. The molecule has 7 heteroatoms. The topological polar surface area (TPSA) is 87.3 Å². The molecule has 1 aliphatic rings. The highest BCUT2D eigenvalue weighted by Gasteiger charge is 2.30. The van der Waals surface area contributed by atoms with E-state index in [-0.39, 0.29) is 17.2 Å². The number of carbonyl (C=O) groups is 3. The zero-order valence-corrected chi connectivity index (χ0v) is 18.8. The van der Waals surface area contributed by atoms with E-state index in [0.29, 0.717) is 10.8 Å². The Bertz CT molecular complexity index is 756. The third-order valence-electron chi connectivity index (χ3n) is 5.25. The van der Waals surface area contributed by atoms with Crippen molar-refractivity contribution in [1.29, 1.82) is 0 Å². The molecule has 2 unspecified atom stereocenters. The molecule has 3 amide bonds. The van der Waals surface area contributed by atoms with Gasteiger partial charge in [-0.1, -0.05) is 41.5 Å². The Hall–Kier alpha value is -1.89. The number of thiophene rings is 1. The number of hydrogen-bond donors (Lipinski definition) is 3. The number of hydrazine groups is 1. The number of hydrogen-bond acceptors (Lipinski definition) is 4. The lowest BCUT2D eigenvalue weighted by atomic mass is 9.72. The molecule has 2 rings (SSSR count). The molecule has 2 atom stereocenters. The second-order valence-corrected chi connectivity index (χ2v) is 10.9. The minimum Gasteiger partial charge on any atom is -0.344 e. The summed E-state index contributed by atoms with van der Waals surface area (Å²) >= 11 is 1.50. The van der Waals surface area contributed by atoms with Gasteiger partial charge in [-0.3, -0.25) is 25.2 Å². The summed E-state index contributed by atoms with van der Waals surface area (Å²) in [5.74, 6) is -0.396. The van der Waals surface area contributed by atoms with Crippen LogP contribution in [0.25, 0.3) is 0 Å². The maximum Gasteiger partial charge on any atom is 0.279 e. The molecule has 0 saturated heterocycles. The quantitative estimate of drug-likeness (QED) is 0.673. The Morgan fingerprint density at radius 2 is 1.75 bits per heavy atom. The fourth-order valence-corrected chi connectivity index (χ4v) is 4.25. The molecule has 0 radical (unpaired) electrons. The first-order valence-corrected chi connectivity index (χ1v) is 10.6. The van der Waals surface area contributed by atoms with E-state index in [9.17, 15) is 14.4 Å². The van der Waals surface area contributed by atoms with Crippen LogP contribution < -0.4 is 16.2 Å². The summed E-state index contributed by atoms with van der Waals surface area (Å²) in [5, 5.41) is 2.64. The van der Waals surface area contributed by atoms with Gasteiger partial charge in [-0.25, -0.2) is 0 Å². The zero-order chi connectivity index (χ0) is 21.3. The molecule has 156 valence electrons. The molecule has 0 fully saturated rings. The monoisotopic (exact) mass is 407 g/mol. The van der Waals surface area contributed by atoms with E-state index in [1.807, 2.05) is 6.07 Å². The summed E-state index contributed by atoms with van der Waals surface area (Å²) in [7, 11) is 0. The molecule has 0 spiro atoms. The standard InChI is InChI=1S/C21H33N3O3S/c1-12(22-19(27)21(5,6)7)17(25)23-24-18(26)16-11-13-10-14(20(2,3)4)8-9-15(13)28-16/h11-12,14H,8-10H2,1-7H3,(H,22,27)(H,23,25)(H,24,26). The van der Waals surface area contributed by atoms with Gasteiger partial charge in [0.1, 0.15) is 6.04 Å². The Morgan fingerprint density at radius 3 is 2.32 bits per heavy atom. The van der Waals surface area contributed by atoms with E-state index in [0.717, 1.165) is 19.3 Å². The maximum atomic E-state index is 12.4. The predicted octanol–water partition coefficient (Wildman–Crippen LogP) is 3.21. The number of aryl methyl sites for hydroxylation is 1. The van der Waals surface area contributed by atoms with Crippen molar-refractivity contribution in [3.63, 3.8) is 0 Å². The first kappa shape index (κ1) is 22.4. The van der Waals surface area contributed by atoms with Gasteiger partial charge in [0.2, 0.25) is 5.91 Å². The fraction of sp³-hybridized carbons (Fsp3) is 0.667. The van der Waals surface area contributed by atoms with Gasteiger partial charge in [0.15, 0.2) is 0 Å². The number of carbonyl (C=O) groups excluding carboxylic acids is 3. The predicted molar refractivity (Wildman–Crippen MR) is 112 cm³/mol. The molecule has 1 aliphatic carbocycles. The van der Waals surface area contributed by atoms with E-state index in [4.69, 9.17) is 0 Å². The molecule has 1 heterocycles. The third kappa shape index (κ3) is 5.56. The van der Waals surface area contributed by atoms with Crippen molar-refractivity contribution < 1.29 is 14.4 Å². The summed E-state index contributed by atoms with van der Waals surface area (Å²) in [4.78, 5) is 38.4. The third-order valence-corrected chi connectivity index (χ3v) is 6.49. The van der Waals surface area contributed by atoms with Crippen LogP contribution in [-0.2, 0) is 22.4 Å². The molecule has 1 aromatic heterocycles. The summed E-state index contributed by atoms with van der Waals surface area (Å²) in [6, 6.07) is 1.21. The average molecular weight is 408 g/mol. The van der Waals surface area contributed by atoms with Gasteiger partial charge in [0.05, 0.1) is 4.88 Å². The van der Waals surface area contributed by atoms with Crippen molar-refractivity contribution in [3.8, 4) is 0 Å². The van der Waals surface area contributed by atoms with Crippen molar-refractivity contribution in [2.45, 2.75) is 73.8 Å². The molecule has 0 saturated carbocycles. The molecule has 0 aliphatic heterocycles. The second-order valence-electron chi connectivity index (χ2n) is 9.75. The van der Waals surface area contributed by atoms with E-state index >= 15 is 0 Å². The smallest absolute Gasteiger partial charge is 0.279 e. The highest BCUT2D eigenvalue weighted by atomic mass is 32.1. The van der Waals surface area contributed by atoms with Crippen LogP contribution in [0.2, 0.25) is 0 Å². The largest absolute Gasteiger partial charge is 0.344 e. The van der Waals surface area contributed by atoms with Crippen LogP contribution in [0, 0.1) is 16.7 Å². The van der Waals surface area contributed by atoms with Crippen LogP contribution in [-0.4, -0.2) is 23.8 Å². The summed E-state index contributed by atoms with van der Waals surface area (Å²) in [6.07, 6.45) is 3.13. The zero-order valence-electron chi connectivity index (χ0n) is 18.0. The van der Waals surface area contributed by atoms with Gasteiger partial charge in [0.25, 0.3) is 11.8 Å². The number of fused-ring (bicyclic) bond motifs is 1. The lowest BCUT2D eigenvalue weighted by Gasteiger charge is -2.33. The van der Waals surface area contributed by atoms with E-state index in [2.05, 4.69) is 36.9 Å². The van der Waals surface area contributed by atoms with Crippen LogP contribution in [0.5, 0.6) is 0 Å². The van der Waals surface area contributed by atoms with Crippen LogP contribution in [0.1, 0.15) is 75.0 Å². The number of amides is 3. The van der Waals surface area contributed by atoms with Crippen molar-refractivity contribution in [1.82, 2.24) is 16.2 Å². The van der Waals surface area contributed by atoms with Gasteiger partial charge >= 0.3 is 0 Å². The average Bonchev–Trinajstić information content (AvgIpc) is 3.00. The molecular weight excluding hydrogens is 374 g/mol. The summed E-state index contributed by atoms with van der Waals surface area (Å²) in [5.41, 5.74) is 5.78.